The lowest BCUT2D eigenvalue weighted by atomic mass is 10.0. The summed E-state index contributed by atoms with van der Waals surface area (Å²) in [6.45, 7) is 1.82. The summed E-state index contributed by atoms with van der Waals surface area (Å²) in [4.78, 5) is 11.7. The van der Waals surface area contributed by atoms with E-state index in [1.54, 1.807) is 24.3 Å². The number of rotatable bonds is 4. The topological polar surface area (TPSA) is 41.1 Å². The van der Waals surface area contributed by atoms with Crippen LogP contribution >= 0.6 is 11.6 Å². The van der Waals surface area contributed by atoms with Gasteiger partial charge in [-0.2, -0.15) is 0 Å². The quantitative estimate of drug-likeness (QED) is 0.840. The molecule has 1 fully saturated rings. The molecule has 1 saturated heterocycles. The molecule has 0 radical (unpaired) electrons. The average molecular weight is 239 g/mol. The summed E-state index contributed by atoms with van der Waals surface area (Å²) in [5, 5.41) is 6.77. The van der Waals surface area contributed by atoms with E-state index in [2.05, 4.69) is 10.6 Å². The Balaban J connectivity index is 1.78. The number of carbonyl (C=O) groups excluding carboxylic acids is 1. The van der Waals surface area contributed by atoms with Crippen molar-refractivity contribution in [3.05, 3.63) is 34.9 Å². The third kappa shape index (κ3) is 2.97. The van der Waals surface area contributed by atoms with Crippen molar-refractivity contribution in [2.24, 2.45) is 0 Å². The highest BCUT2D eigenvalue weighted by Crippen LogP contribution is 2.10. The highest BCUT2D eigenvalue weighted by Gasteiger charge is 2.15. The van der Waals surface area contributed by atoms with Gasteiger partial charge >= 0.3 is 0 Å². The van der Waals surface area contributed by atoms with Crippen LogP contribution in [0.3, 0.4) is 0 Å². The molecular formula is C12H15ClN2O. The first-order valence-electron chi connectivity index (χ1n) is 5.53. The van der Waals surface area contributed by atoms with Crippen LogP contribution in [-0.4, -0.2) is 25.0 Å². The van der Waals surface area contributed by atoms with Crippen molar-refractivity contribution in [1.29, 1.82) is 0 Å². The Bertz CT molecular complexity index is 377. The first kappa shape index (κ1) is 11.4. The number of carbonyl (C=O) groups is 1. The summed E-state index contributed by atoms with van der Waals surface area (Å²) in [6, 6.07) is 7.57. The SMILES string of the molecule is O=C(NCCC1CCN1)c1cccc(Cl)c1. The van der Waals surface area contributed by atoms with Crippen LogP contribution in [0.2, 0.25) is 5.02 Å². The first-order valence-corrected chi connectivity index (χ1v) is 5.90. The van der Waals surface area contributed by atoms with E-state index < -0.39 is 0 Å². The van der Waals surface area contributed by atoms with Crippen molar-refractivity contribution < 1.29 is 4.79 Å². The van der Waals surface area contributed by atoms with Crippen LogP contribution in [0, 0.1) is 0 Å². The van der Waals surface area contributed by atoms with Gasteiger partial charge in [-0.3, -0.25) is 4.79 Å². The Hall–Kier alpha value is -1.06. The molecule has 0 aromatic heterocycles. The summed E-state index contributed by atoms with van der Waals surface area (Å²) in [5.74, 6) is -0.0539. The van der Waals surface area contributed by atoms with Crippen molar-refractivity contribution in [2.45, 2.75) is 18.9 Å². The lowest BCUT2D eigenvalue weighted by Gasteiger charge is -2.27. The van der Waals surface area contributed by atoms with Crippen molar-refractivity contribution in [3.8, 4) is 0 Å². The fourth-order valence-electron chi connectivity index (χ4n) is 1.69. The summed E-state index contributed by atoms with van der Waals surface area (Å²) < 4.78 is 0. The Kier molecular flexibility index (Phi) is 3.80. The zero-order valence-electron chi connectivity index (χ0n) is 9.00. The molecule has 1 atom stereocenters. The molecule has 2 rings (SSSR count). The lowest BCUT2D eigenvalue weighted by molar-refractivity contribution is 0.0951. The highest BCUT2D eigenvalue weighted by atomic mass is 35.5. The van der Waals surface area contributed by atoms with Crippen LogP contribution in [0.15, 0.2) is 24.3 Å². The Labute approximate surface area is 100 Å². The number of nitrogens with one attached hydrogen (secondary N) is 2. The lowest BCUT2D eigenvalue weighted by Crippen LogP contribution is -2.44. The number of hydrogen-bond donors (Lipinski definition) is 2. The Morgan fingerprint density at radius 2 is 2.38 bits per heavy atom. The summed E-state index contributed by atoms with van der Waals surface area (Å²) in [6.07, 6.45) is 2.21. The normalized spacial score (nSPS) is 18.9. The van der Waals surface area contributed by atoms with Crippen molar-refractivity contribution in [3.63, 3.8) is 0 Å². The standard InChI is InChI=1S/C12H15ClN2O/c13-10-3-1-2-9(8-10)12(16)15-7-5-11-4-6-14-11/h1-3,8,11,14H,4-7H2,(H,15,16). The van der Waals surface area contributed by atoms with Crippen LogP contribution in [0.4, 0.5) is 0 Å². The number of amides is 1. The maximum atomic E-state index is 11.7. The molecule has 1 aliphatic heterocycles. The molecule has 0 bridgehead atoms. The van der Waals surface area contributed by atoms with E-state index in [1.807, 2.05) is 0 Å². The summed E-state index contributed by atoms with van der Waals surface area (Å²) >= 11 is 5.81. The molecule has 2 N–H and O–H groups in total. The van der Waals surface area contributed by atoms with Gasteiger partial charge in [0.2, 0.25) is 0 Å². The van der Waals surface area contributed by atoms with Crippen LogP contribution in [0.25, 0.3) is 0 Å². The van der Waals surface area contributed by atoms with Crippen LogP contribution < -0.4 is 10.6 Å². The number of benzene rings is 1. The van der Waals surface area contributed by atoms with Gasteiger partial charge in [0.05, 0.1) is 0 Å². The first-order chi connectivity index (χ1) is 7.75. The molecule has 1 aromatic carbocycles. The van der Waals surface area contributed by atoms with Crippen molar-refractivity contribution >= 4 is 17.5 Å². The Morgan fingerprint density at radius 1 is 1.56 bits per heavy atom. The van der Waals surface area contributed by atoms with Crippen LogP contribution in [0.5, 0.6) is 0 Å². The molecular weight excluding hydrogens is 224 g/mol. The molecule has 86 valence electrons. The average Bonchev–Trinajstić information content (AvgIpc) is 2.21. The fourth-order valence-corrected chi connectivity index (χ4v) is 1.88. The van der Waals surface area contributed by atoms with E-state index >= 15 is 0 Å². The van der Waals surface area contributed by atoms with E-state index in [-0.39, 0.29) is 5.91 Å². The largest absolute Gasteiger partial charge is 0.352 e. The Morgan fingerprint density at radius 3 is 3.00 bits per heavy atom. The second kappa shape index (κ2) is 5.32. The molecule has 1 unspecified atom stereocenters. The predicted octanol–water partition coefficient (Wildman–Crippen LogP) is 1.82. The zero-order valence-corrected chi connectivity index (χ0v) is 9.76. The van der Waals surface area contributed by atoms with Gasteiger partial charge < -0.3 is 10.6 Å². The van der Waals surface area contributed by atoms with Gasteiger partial charge in [0, 0.05) is 23.2 Å². The minimum absolute atomic E-state index is 0.0539. The van der Waals surface area contributed by atoms with Crippen molar-refractivity contribution in [2.75, 3.05) is 13.1 Å². The molecule has 3 nitrogen and oxygen atoms in total. The fraction of sp³-hybridized carbons (Fsp3) is 0.417. The molecule has 0 saturated carbocycles. The maximum Gasteiger partial charge on any atom is 0.251 e. The monoisotopic (exact) mass is 238 g/mol. The maximum absolute atomic E-state index is 11.7. The van der Waals surface area contributed by atoms with Crippen molar-refractivity contribution in [1.82, 2.24) is 10.6 Å². The van der Waals surface area contributed by atoms with Gasteiger partial charge in [0.1, 0.15) is 0 Å². The van der Waals surface area contributed by atoms with Crippen LogP contribution in [0.1, 0.15) is 23.2 Å². The molecule has 1 heterocycles. The van der Waals surface area contributed by atoms with Gasteiger partial charge in [-0.25, -0.2) is 0 Å². The third-order valence-corrected chi connectivity index (χ3v) is 3.03. The number of hydrogen-bond acceptors (Lipinski definition) is 2. The van der Waals surface area contributed by atoms with E-state index in [9.17, 15) is 4.79 Å². The van der Waals surface area contributed by atoms with Gasteiger partial charge in [0.25, 0.3) is 5.91 Å². The minimum atomic E-state index is -0.0539. The van der Waals surface area contributed by atoms with Gasteiger partial charge in [-0.1, -0.05) is 17.7 Å². The zero-order chi connectivity index (χ0) is 11.4. The van der Waals surface area contributed by atoms with E-state index in [1.165, 1.54) is 6.42 Å². The van der Waals surface area contributed by atoms with Crippen LogP contribution in [-0.2, 0) is 0 Å². The van der Waals surface area contributed by atoms with E-state index in [4.69, 9.17) is 11.6 Å². The van der Waals surface area contributed by atoms with Gasteiger partial charge in [-0.05, 0) is 37.6 Å². The minimum Gasteiger partial charge on any atom is -0.352 e. The molecule has 16 heavy (non-hydrogen) atoms. The van der Waals surface area contributed by atoms with E-state index in [0.717, 1.165) is 13.0 Å². The molecule has 1 amide bonds. The van der Waals surface area contributed by atoms with Gasteiger partial charge in [-0.15, -0.1) is 0 Å². The van der Waals surface area contributed by atoms with E-state index in [0.29, 0.717) is 23.2 Å². The molecule has 1 aromatic rings. The highest BCUT2D eigenvalue weighted by molar-refractivity contribution is 6.30. The smallest absolute Gasteiger partial charge is 0.251 e. The predicted molar refractivity (Wildman–Crippen MR) is 64.8 cm³/mol. The second-order valence-electron chi connectivity index (χ2n) is 3.99. The second-order valence-corrected chi connectivity index (χ2v) is 4.43. The van der Waals surface area contributed by atoms with Gasteiger partial charge in [0.15, 0.2) is 0 Å². The summed E-state index contributed by atoms with van der Waals surface area (Å²) in [5.41, 5.74) is 0.620. The molecule has 0 aliphatic carbocycles. The summed E-state index contributed by atoms with van der Waals surface area (Å²) in [7, 11) is 0. The third-order valence-electron chi connectivity index (χ3n) is 2.79. The molecule has 4 heteroatoms. The number of halogens is 1. The molecule has 1 aliphatic rings. The molecule has 0 spiro atoms.